The van der Waals surface area contributed by atoms with Crippen molar-refractivity contribution in [2.24, 2.45) is 5.92 Å². The summed E-state index contributed by atoms with van der Waals surface area (Å²) in [6.07, 6.45) is 3.48. The third-order valence-corrected chi connectivity index (χ3v) is 3.86. The standard InChI is InChI=1S/C15H18N2O/c1-2-17-15-6-4-3-5-13(15)14(16-17)10-11-7-8-12(18)9-11/h3-6,11H,2,7-10H2,1H3. The maximum atomic E-state index is 11.3. The first-order valence-corrected chi connectivity index (χ1v) is 6.74. The molecule has 0 radical (unpaired) electrons. The van der Waals surface area contributed by atoms with Crippen LogP contribution in [0.3, 0.4) is 0 Å². The Morgan fingerprint density at radius 1 is 1.39 bits per heavy atom. The zero-order valence-corrected chi connectivity index (χ0v) is 10.7. The molecule has 1 atom stereocenters. The normalized spacial score (nSPS) is 19.8. The number of nitrogens with zero attached hydrogens (tertiary/aromatic N) is 2. The molecule has 1 aromatic carbocycles. The highest BCUT2D eigenvalue weighted by atomic mass is 16.1. The maximum Gasteiger partial charge on any atom is 0.133 e. The molecule has 1 aliphatic rings. The van der Waals surface area contributed by atoms with Crippen molar-refractivity contribution in [2.75, 3.05) is 0 Å². The summed E-state index contributed by atoms with van der Waals surface area (Å²) in [6.45, 7) is 3.01. The van der Waals surface area contributed by atoms with Crippen LogP contribution >= 0.6 is 0 Å². The van der Waals surface area contributed by atoms with Crippen LogP contribution in [-0.2, 0) is 17.8 Å². The van der Waals surface area contributed by atoms with E-state index in [0.29, 0.717) is 11.7 Å². The number of ketones is 1. The highest BCUT2D eigenvalue weighted by Crippen LogP contribution is 2.28. The second-order valence-corrected chi connectivity index (χ2v) is 5.13. The minimum atomic E-state index is 0.416. The van der Waals surface area contributed by atoms with Crippen molar-refractivity contribution in [1.82, 2.24) is 9.78 Å². The molecule has 3 nitrogen and oxygen atoms in total. The molecule has 3 rings (SSSR count). The lowest BCUT2D eigenvalue weighted by Gasteiger charge is -2.04. The smallest absolute Gasteiger partial charge is 0.133 e. The van der Waals surface area contributed by atoms with Gasteiger partial charge >= 0.3 is 0 Å². The van der Waals surface area contributed by atoms with Crippen LogP contribution in [0.15, 0.2) is 24.3 Å². The van der Waals surface area contributed by atoms with Crippen molar-refractivity contribution in [3.05, 3.63) is 30.0 Å². The largest absolute Gasteiger partial charge is 0.300 e. The quantitative estimate of drug-likeness (QED) is 0.829. The molecule has 1 heterocycles. The van der Waals surface area contributed by atoms with Gasteiger partial charge in [0.15, 0.2) is 0 Å². The first-order chi connectivity index (χ1) is 8.78. The van der Waals surface area contributed by atoms with Gasteiger partial charge in [-0.25, -0.2) is 0 Å². The van der Waals surface area contributed by atoms with E-state index in [4.69, 9.17) is 5.10 Å². The molecule has 18 heavy (non-hydrogen) atoms. The lowest BCUT2D eigenvalue weighted by Crippen LogP contribution is -2.03. The first kappa shape index (κ1) is 11.5. The van der Waals surface area contributed by atoms with Crippen LogP contribution < -0.4 is 0 Å². The number of aromatic nitrogens is 2. The van der Waals surface area contributed by atoms with Crippen LogP contribution in [0, 0.1) is 5.92 Å². The number of carbonyl (C=O) groups is 1. The van der Waals surface area contributed by atoms with Gasteiger partial charge in [0, 0.05) is 24.8 Å². The number of hydrogen-bond donors (Lipinski definition) is 0. The summed E-state index contributed by atoms with van der Waals surface area (Å²) in [7, 11) is 0. The van der Waals surface area contributed by atoms with E-state index in [0.717, 1.165) is 37.9 Å². The van der Waals surface area contributed by atoms with E-state index in [1.807, 2.05) is 0 Å². The van der Waals surface area contributed by atoms with Gasteiger partial charge < -0.3 is 0 Å². The molecule has 0 aliphatic heterocycles. The number of rotatable bonds is 3. The van der Waals surface area contributed by atoms with Crippen molar-refractivity contribution in [1.29, 1.82) is 0 Å². The van der Waals surface area contributed by atoms with Crippen LogP contribution in [0.5, 0.6) is 0 Å². The summed E-state index contributed by atoms with van der Waals surface area (Å²) in [5.74, 6) is 0.917. The number of Topliss-reactive ketones (excluding diaryl/α,β-unsaturated/α-hetero) is 1. The van der Waals surface area contributed by atoms with Gasteiger partial charge in [-0.15, -0.1) is 0 Å². The third kappa shape index (κ3) is 1.94. The fourth-order valence-corrected chi connectivity index (χ4v) is 2.93. The van der Waals surface area contributed by atoms with Crippen molar-refractivity contribution in [3.63, 3.8) is 0 Å². The first-order valence-electron chi connectivity index (χ1n) is 6.74. The average molecular weight is 242 g/mol. The summed E-state index contributed by atoms with van der Waals surface area (Å²) in [6, 6.07) is 8.38. The van der Waals surface area contributed by atoms with Crippen LogP contribution in [0.4, 0.5) is 0 Å². The van der Waals surface area contributed by atoms with Gasteiger partial charge in [0.1, 0.15) is 5.78 Å². The number of aryl methyl sites for hydroxylation is 1. The van der Waals surface area contributed by atoms with E-state index in [2.05, 4.69) is 35.9 Å². The SMILES string of the molecule is CCn1nc(CC2CCC(=O)C2)c2ccccc21. The number of benzene rings is 1. The maximum absolute atomic E-state index is 11.3. The molecule has 0 N–H and O–H groups in total. The molecule has 94 valence electrons. The van der Waals surface area contributed by atoms with Gasteiger partial charge in [-0.05, 0) is 31.7 Å². The van der Waals surface area contributed by atoms with Crippen LogP contribution in [-0.4, -0.2) is 15.6 Å². The van der Waals surface area contributed by atoms with Crippen LogP contribution in [0.25, 0.3) is 10.9 Å². The molecular formula is C15H18N2O. The molecule has 1 aromatic heterocycles. The molecule has 0 bridgehead atoms. The molecule has 1 unspecified atom stereocenters. The van der Waals surface area contributed by atoms with E-state index in [1.165, 1.54) is 10.9 Å². The highest BCUT2D eigenvalue weighted by molar-refractivity contribution is 5.83. The molecule has 1 fully saturated rings. The Kier molecular flexibility index (Phi) is 2.90. The number of carbonyl (C=O) groups excluding carboxylic acids is 1. The summed E-state index contributed by atoms with van der Waals surface area (Å²) in [4.78, 5) is 11.3. The van der Waals surface area contributed by atoms with Crippen LogP contribution in [0.2, 0.25) is 0 Å². The number of fused-ring (bicyclic) bond motifs is 1. The second-order valence-electron chi connectivity index (χ2n) is 5.13. The average Bonchev–Trinajstić information content (AvgIpc) is 2.95. The van der Waals surface area contributed by atoms with Crippen molar-refractivity contribution >= 4 is 16.7 Å². The Morgan fingerprint density at radius 2 is 2.22 bits per heavy atom. The number of para-hydroxylation sites is 1. The fraction of sp³-hybridized carbons (Fsp3) is 0.467. The zero-order valence-electron chi connectivity index (χ0n) is 10.7. The fourth-order valence-electron chi connectivity index (χ4n) is 2.93. The predicted octanol–water partition coefficient (Wildman–Crippen LogP) is 2.97. The van der Waals surface area contributed by atoms with Gasteiger partial charge in [-0.3, -0.25) is 9.48 Å². The molecule has 1 saturated carbocycles. The molecule has 0 amide bonds. The third-order valence-electron chi connectivity index (χ3n) is 3.86. The molecule has 3 heteroatoms. The van der Waals surface area contributed by atoms with E-state index in [1.54, 1.807) is 0 Å². The molecule has 2 aromatic rings. The minimum Gasteiger partial charge on any atom is -0.300 e. The van der Waals surface area contributed by atoms with Gasteiger partial charge in [0.25, 0.3) is 0 Å². The van der Waals surface area contributed by atoms with Crippen LogP contribution in [0.1, 0.15) is 31.9 Å². The lowest BCUT2D eigenvalue weighted by atomic mass is 10.00. The Hall–Kier alpha value is -1.64. The van der Waals surface area contributed by atoms with Gasteiger partial charge in [0.05, 0.1) is 11.2 Å². The summed E-state index contributed by atoms with van der Waals surface area (Å²) < 4.78 is 2.06. The second kappa shape index (κ2) is 4.56. The topological polar surface area (TPSA) is 34.9 Å². The van der Waals surface area contributed by atoms with Crippen molar-refractivity contribution in [2.45, 2.75) is 39.2 Å². The highest BCUT2D eigenvalue weighted by Gasteiger charge is 2.24. The zero-order chi connectivity index (χ0) is 12.5. The molecular weight excluding hydrogens is 224 g/mol. The Labute approximate surface area is 107 Å². The van der Waals surface area contributed by atoms with Gasteiger partial charge in [0.2, 0.25) is 0 Å². The summed E-state index contributed by atoms with van der Waals surface area (Å²) in [5.41, 5.74) is 2.37. The lowest BCUT2D eigenvalue weighted by molar-refractivity contribution is -0.117. The summed E-state index contributed by atoms with van der Waals surface area (Å²) in [5, 5.41) is 5.95. The van der Waals surface area contributed by atoms with E-state index in [9.17, 15) is 4.79 Å². The molecule has 1 aliphatic carbocycles. The monoisotopic (exact) mass is 242 g/mol. The van der Waals surface area contributed by atoms with Crippen molar-refractivity contribution < 1.29 is 4.79 Å². The molecule has 0 saturated heterocycles. The molecule has 0 spiro atoms. The van der Waals surface area contributed by atoms with Crippen molar-refractivity contribution in [3.8, 4) is 0 Å². The Balaban J connectivity index is 1.94. The minimum absolute atomic E-state index is 0.416. The van der Waals surface area contributed by atoms with E-state index < -0.39 is 0 Å². The number of hydrogen-bond acceptors (Lipinski definition) is 2. The van der Waals surface area contributed by atoms with E-state index in [-0.39, 0.29) is 0 Å². The van der Waals surface area contributed by atoms with Gasteiger partial charge in [-0.1, -0.05) is 18.2 Å². The summed E-state index contributed by atoms with van der Waals surface area (Å²) >= 11 is 0. The van der Waals surface area contributed by atoms with Gasteiger partial charge in [-0.2, -0.15) is 5.10 Å². The predicted molar refractivity (Wildman–Crippen MR) is 71.5 cm³/mol. The van der Waals surface area contributed by atoms with E-state index >= 15 is 0 Å². The Morgan fingerprint density at radius 3 is 2.94 bits per heavy atom. The Bertz CT molecular complexity index is 585.